The first-order chi connectivity index (χ1) is 12.1. The van der Waals surface area contributed by atoms with Crippen molar-refractivity contribution in [1.29, 1.82) is 0 Å². The van der Waals surface area contributed by atoms with Gasteiger partial charge in [-0.1, -0.05) is 36.4 Å². The largest absolute Gasteiger partial charge is 0.342 e. The summed E-state index contributed by atoms with van der Waals surface area (Å²) in [6, 6.07) is 12.5. The summed E-state index contributed by atoms with van der Waals surface area (Å²) in [7, 11) is 0. The SMILES string of the molecule is O=C(c1ccccc1)C1CCCN(C(=O)Cc2c(F)cccc2F)C1. The molecule has 1 fully saturated rings. The number of piperidine rings is 1. The van der Waals surface area contributed by atoms with Gasteiger partial charge >= 0.3 is 0 Å². The Kier molecular flexibility index (Phi) is 5.22. The quantitative estimate of drug-likeness (QED) is 0.795. The zero-order valence-corrected chi connectivity index (χ0v) is 13.8. The fourth-order valence-electron chi connectivity index (χ4n) is 3.22. The zero-order valence-electron chi connectivity index (χ0n) is 13.8. The van der Waals surface area contributed by atoms with Gasteiger partial charge in [0.05, 0.1) is 6.42 Å². The maximum atomic E-state index is 13.7. The number of likely N-dealkylation sites (tertiary alicyclic amines) is 1. The van der Waals surface area contributed by atoms with E-state index in [9.17, 15) is 18.4 Å². The second-order valence-electron chi connectivity index (χ2n) is 6.29. The van der Waals surface area contributed by atoms with Gasteiger partial charge in [0.15, 0.2) is 5.78 Å². The predicted octanol–water partition coefficient (Wildman–Crippen LogP) is 3.63. The number of rotatable bonds is 4. The number of ketones is 1. The van der Waals surface area contributed by atoms with E-state index in [1.807, 2.05) is 6.07 Å². The van der Waals surface area contributed by atoms with E-state index in [0.29, 0.717) is 31.5 Å². The van der Waals surface area contributed by atoms with Crippen molar-refractivity contribution in [3.63, 3.8) is 0 Å². The molecule has 0 aliphatic carbocycles. The molecule has 0 bridgehead atoms. The molecule has 0 radical (unpaired) electrons. The van der Waals surface area contributed by atoms with Crippen molar-refractivity contribution >= 4 is 11.7 Å². The summed E-state index contributed by atoms with van der Waals surface area (Å²) in [6.07, 6.45) is 1.09. The average Bonchev–Trinajstić information content (AvgIpc) is 2.65. The maximum absolute atomic E-state index is 13.7. The summed E-state index contributed by atoms with van der Waals surface area (Å²) in [5.41, 5.74) is 0.408. The molecule has 2 aromatic rings. The highest BCUT2D eigenvalue weighted by atomic mass is 19.1. The van der Waals surface area contributed by atoms with Crippen molar-refractivity contribution in [2.45, 2.75) is 19.3 Å². The Labute approximate surface area is 145 Å². The first kappa shape index (κ1) is 17.3. The third kappa shape index (κ3) is 3.92. The Morgan fingerprint density at radius 2 is 1.68 bits per heavy atom. The van der Waals surface area contributed by atoms with Crippen molar-refractivity contribution in [3.8, 4) is 0 Å². The number of benzene rings is 2. The van der Waals surface area contributed by atoms with Crippen LogP contribution in [0.3, 0.4) is 0 Å². The summed E-state index contributed by atoms with van der Waals surface area (Å²) in [5.74, 6) is -2.06. The van der Waals surface area contributed by atoms with Crippen LogP contribution in [0, 0.1) is 17.6 Å². The van der Waals surface area contributed by atoms with Crippen molar-refractivity contribution in [2.24, 2.45) is 5.92 Å². The molecule has 0 saturated carbocycles. The van der Waals surface area contributed by atoms with Crippen LogP contribution in [-0.2, 0) is 11.2 Å². The molecule has 5 heteroatoms. The van der Waals surface area contributed by atoms with E-state index in [2.05, 4.69) is 0 Å². The van der Waals surface area contributed by atoms with Crippen LogP contribution in [0.5, 0.6) is 0 Å². The maximum Gasteiger partial charge on any atom is 0.227 e. The number of halogens is 2. The molecule has 1 heterocycles. The van der Waals surface area contributed by atoms with E-state index < -0.39 is 11.6 Å². The molecular weight excluding hydrogens is 324 g/mol. The molecule has 1 atom stereocenters. The summed E-state index contributed by atoms with van der Waals surface area (Å²) in [6.45, 7) is 0.802. The fourth-order valence-corrected chi connectivity index (χ4v) is 3.22. The molecule has 1 unspecified atom stereocenters. The monoisotopic (exact) mass is 343 g/mol. The average molecular weight is 343 g/mol. The minimum Gasteiger partial charge on any atom is -0.342 e. The fraction of sp³-hybridized carbons (Fsp3) is 0.300. The van der Waals surface area contributed by atoms with Crippen LogP contribution in [0.15, 0.2) is 48.5 Å². The Hall–Kier alpha value is -2.56. The van der Waals surface area contributed by atoms with Gasteiger partial charge < -0.3 is 4.90 Å². The molecule has 3 nitrogen and oxygen atoms in total. The first-order valence-electron chi connectivity index (χ1n) is 8.36. The number of carbonyl (C=O) groups excluding carboxylic acids is 2. The van der Waals surface area contributed by atoms with Crippen LogP contribution >= 0.6 is 0 Å². The highest BCUT2D eigenvalue weighted by Crippen LogP contribution is 2.22. The smallest absolute Gasteiger partial charge is 0.227 e. The lowest BCUT2D eigenvalue weighted by Gasteiger charge is -2.32. The molecule has 3 rings (SSSR count). The van der Waals surface area contributed by atoms with E-state index in [4.69, 9.17) is 0 Å². The zero-order chi connectivity index (χ0) is 17.8. The van der Waals surface area contributed by atoms with Crippen LogP contribution in [-0.4, -0.2) is 29.7 Å². The lowest BCUT2D eigenvalue weighted by Crippen LogP contribution is -2.43. The summed E-state index contributed by atoms with van der Waals surface area (Å²) >= 11 is 0. The summed E-state index contributed by atoms with van der Waals surface area (Å²) < 4.78 is 27.5. The third-order valence-corrected chi connectivity index (χ3v) is 4.59. The van der Waals surface area contributed by atoms with E-state index >= 15 is 0 Å². The number of Topliss-reactive ketones (excluding diaryl/α,β-unsaturated/α-hetero) is 1. The van der Waals surface area contributed by atoms with Crippen molar-refractivity contribution in [2.75, 3.05) is 13.1 Å². The van der Waals surface area contributed by atoms with Gasteiger partial charge in [0.2, 0.25) is 5.91 Å². The van der Waals surface area contributed by atoms with Crippen LogP contribution in [0.2, 0.25) is 0 Å². The minimum absolute atomic E-state index is 0.00942. The molecular formula is C20H19F2NO2. The Balaban J connectivity index is 1.69. The van der Waals surface area contributed by atoms with Crippen LogP contribution in [0.25, 0.3) is 0 Å². The lowest BCUT2D eigenvalue weighted by molar-refractivity contribution is -0.132. The molecule has 1 aliphatic heterocycles. The first-order valence-corrected chi connectivity index (χ1v) is 8.36. The molecule has 1 amide bonds. The van der Waals surface area contributed by atoms with Gasteiger partial charge in [-0.3, -0.25) is 9.59 Å². The van der Waals surface area contributed by atoms with E-state index in [0.717, 1.165) is 12.1 Å². The number of carbonyl (C=O) groups is 2. The number of hydrogen-bond acceptors (Lipinski definition) is 2. The van der Waals surface area contributed by atoms with Crippen LogP contribution < -0.4 is 0 Å². The Morgan fingerprint density at radius 1 is 1.00 bits per heavy atom. The number of amides is 1. The van der Waals surface area contributed by atoms with Gasteiger partial charge in [0, 0.05) is 30.1 Å². The molecule has 2 aromatic carbocycles. The Morgan fingerprint density at radius 3 is 2.36 bits per heavy atom. The molecule has 0 aromatic heterocycles. The van der Waals surface area contributed by atoms with Crippen LogP contribution in [0.1, 0.15) is 28.8 Å². The molecule has 1 saturated heterocycles. The molecule has 25 heavy (non-hydrogen) atoms. The number of hydrogen-bond donors (Lipinski definition) is 0. The van der Waals surface area contributed by atoms with Gasteiger partial charge in [-0.25, -0.2) is 8.78 Å². The summed E-state index contributed by atoms with van der Waals surface area (Å²) in [5, 5.41) is 0. The predicted molar refractivity (Wildman–Crippen MR) is 90.1 cm³/mol. The van der Waals surface area contributed by atoms with E-state index in [1.54, 1.807) is 29.2 Å². The van der Waals surface area contributed by atoms with Gasteiger partial charge in [0.25, 0.3) is 0 Å². The van der Waals surface area contributed by atoms with Gasteiger partial charge in [0.1, 0.15) is 11.6 Å². The van der Waals surface area contributed by atoms with Crippen molar-refractivity contribution < 1.29 is 18.4 Å². The van der Waals surface area contributed by atoms with E-state index in [1.165, 1.54) is 6.07 Å². The minimum atomic E-state index is -0.720. The third-order valence-electron chi connectivity index (χ3n) is 4.59. The van der Waals surface area contributed by atoms with Crippen LogP contribution in [0.4, 0.5) is 8.78 Å². The van der Waals surface area contributed by atoms with E-state index in [-0.39, 0.29) is 29.6 Å². The topological polar surface area (TPSA) is 37.4 Å². The Bertz CT molecular complexity index is 756. The second-order valence-corrected chi connectivity index (χ2v) is 6.29. The second kappa shape index (κ2) is 7.55. The number of nitrogens with zero attached hydrogens (tertiary/aromatic N) is 1. The normalized spacial score (nSPS) is 17.4. The molecule has 0 N–H and O–H groups in total. The lowest BCUT2D eigenvalue weighted by atomic mass is 9.89. The standard InChI is InChI=1S/C20H19F2NO2/c21-17-9-4-10-18(22)16(17)12-19(24)23-11-5-8-15(13-23)20(25)14-6-2-1-3-7-14/h1-4,6-7,9-10,15H,5,8,11-13H2. The molecule has 0 spiro atoms. The van der Waals surface area contributed by atoms with Crippen molar-refractivity contribution in [3.05, 3.63) is 71.3 Å². The van der Waals surface area contributed by atoms with Gasteiger partial charge in [-0.2, -0.15) is 0 Å². The van der Waals surface area contributed by atoms with Crippen molar-refractivity contribution in [1.82, 2.24) is 4.90 Å². The molecule has 130 valence electrons. The molecule has 1 aliphatic rings. The highest BCUT2D eigenvalue weighted by molar-refractivity contribution is 5.98. The van der Waals surface area contributed by atoms with Gasteiger partial charge in [-0.05, 0) is 25.0 Å². The summed E-state index contributed by atoms with van der Waals surface area (Å²) in [4.78, 5) is 26.6. The highest BCUT2D eigenvalue weighted by Gasteiger charge is 2.29. The van der Waals surface area contributed by atoms with Gasteiger partial charge in [-0.15, -0.1) is 0 Å².